The van der Waals surface area contributed by atoms with Crippen molar-refractivity contribution in [3.63, 3.8) is 0 Å². The third kappa shape index (κ3) is 6.46. The van der Waals surface area contributed by atoms with E-state index in [2.05, 4.69) is 5.16 Å². The van der Waals surface area contributed by atoms with E-state index < -0.39 is 18.8 Å². The summed E-state index contributed by atoms with van der Waals surface area (Å²) in [5.41, 5.74) is 5.20. The molecule has 0 aromatic carbocycles. The van der Waals surface area contributed by atoms with Crippen molar-refractivity contribution in [2.45, 2.75) is 25.6 Å². The van der Waals surface area contributed by atoms with Crippen molar-refractivity contribution in [3.05, 3.63) is 0 Å². The van der Waals surface area contributed by atoms with Gasteiger partial charge in [-0.3, -0.25) is 4.90 Å². The van der Waals surface area contributed by atoms with Gasteiger partial charge in [0.25, 0.3) is 0 Å². The van der Waals surface area contributed by atoms with E-state index in [1.165, 1.54) is 6.92 Å². The van der Waals surface area contributed by atoms with Crippen LogP contribution in [0, 0.1) is 0 Å². The summed E-state index contributed by atoms with van der Waals surface area (Å²) in [6.45, 7) is -0.108. The lowest BCUT2D eigenvalue weighted by atomic mass is 10.2. The molecule has 1 atom stereocenters. The molecule has 0 aliphatic rings. The van der Waals surface area contributed by atoms with Gasteiger partial charge >= 0.3 is 6.18 Å². The molecular weight excluding hydrogens is 227 g/mol. The minimum Gasteiger partial charge on any atom is -0.409 e. The number of halogens is 3. The predicted molar refractivity (Wildman–Crippen MR) is 52.2 cm³/mol. The Morgan fingerprint density at radius 2 is 2.06 bits per heavy atom. The van der Waals surface area contributed by atoms with Crippen LogP contribution in [0.25, 0.3) is 0 Å². The number of aliphatic hydroxyl groups excluding tert-OH is 1. The molecule has 0 aromatic heterocycles. The van der Waals surface area contributed by atoms with Crippen molar-refractivity contribution in [1.29, 1.82) is 0 Å². The van der Waals surface area contributed by atoms with Gasteiger partial charge in [0.1, 0.15) is 5.84 Å². The first-order chi connectivity index (χ1) is 7.30. The fourth-order valence-corrected chi connectivity index (χ4v) is 1.29. The average Bonchev–Trinajstić information content (AvgIpc) is 2.14. The van der Waals surface area contributed by atoms with Crippen LogP contribution in [0.5, 0.6) is 0 Å². The Morgan fingerprint density at radius 3 is 2.44 bits per heavy atom. The first kappa shape index (κ1) is 15.0. The van der Waals surface area contributed by atoms with Crippen LogP contribution >= 0.6 is 0 Å². The van der Waals surface area contributed by atoms with Crippen LogP contribution in [0.15, 0.2) is 5.16 Å². The molecule has 0 radical (unpaired) electrons. The summed E-state index contributed by atoms with van der Waals surface area (Å²) >= 11 is 0. The van der Waals surface area contributed by atoms with Crippen LogP contribution in [0.3, 0.4) is 0 Å². The van der Waals surface area contributed by atoms with Crippen molar-refractivity contribution in [3.8, 4) is 0 Å². The minimum absolute atomic E-state index is 0.00653. The van der Waals surface area contributed by atoms with E-state index >= 15 is 0 Å². The Morgan fingerprint density at radius 1 is 1.50 bits per heavy atom. The van der Waals surface area contributed by atoms with Gasteiger partial charge in [0.15, 0.2) is 0 Å². The Kier molecular flexibility index (Phi) is 6.12. The molecule has 0 aliphatic carbocycles. The van der Waals surface area contributed by atoms with Gasteiger partial charge in [-0.1, -0.05) is 5.16 Å². The molecule has 96 valence electrons. The number of oxime groups is 1. The Balaban J connectivity index is 4.40. The molecule has 0 rings (SSSR count). The number of amidine groups is 1. The highest BCUT2D eigenvalue weighted by Crippen LogP contribution is 2.18. The number of hydrogen-bond acceptors (Lipinski definition) is 4. The van der Waals surface area contributed by atoms with Crippen molar-refractivity contribution >= 4 is 5.84 Å². The lowest BCUT2D eigenvalue weighted by Crippen LogP contribution is -2.43. The second-order valence-corrected chi connectivity index (χ2v) is 3.45. The average molecular weight is 243 g/mol. The van der Waals surface area contributed by atoms with Crippen LogP contribution in [0.1, 0.15) is 13.3 Å². The molecular formula is C8H16F3N3O2. The molecule has 0 fully saturated rings. The number of rotatable bonds is 6. The van der Waals surface area contributed by atoms with E-state index in [0.717, 1.165) is 4.90 Å². The zero-order valence-electron chi connectivity index (χ0n) is 8.91. The first-order valence-corrected chi connectivity index (χ1v) is 4.68. The maximum absolute atomic E-state index is 12.2. The van der Waals surface area contributed by atoms with Gasteiger partial charge in [-0.2, -0.15) is 13.2 Å². The van der Waals surface area contributed by atoms with E-state index in [9.17, 15) is 13.2 Å². The van der Waals surface area contributed by atoms with Gasteiger partial charge in [0, 0.05) is 19.0 Å². The normalized spacial score (nSPS) is 15.5. The van der Waals surface area contributed by atoms with Crippen molar-refractivity contribution < 1.29 is 23.5 Å². The molecule has 1 unspecified atom stereocenters. The van der Waals surface area contributed by atoms with Crippen LogP contribution < -0.4 is 5.73 Å². The van der Waals surface area contributed by atoms with E-state index in [4.69, 9.17) is 16.0 Å². The van der Waals surface area contributed by atoms with Gasteiger partial charge in [0.05, 0.1) is 13.2 Å². The van der Waals surface area contributed by atoms with Gasteiger partial charge in [-0.15, -0.1) is 0 Å². The maximum Gasteiger partial charge on any atom is 0.401 e. The van der Waals surface area contributed by atoms with Crippen molar-refractivity contribution in [2.24, 2.45) is 10.9 Å². The summed E-state index contributed by atoms with van der Waals surface area (Å²) in [4.78, 5) is 1.03. The Hall–Kier alpha value is -1.02. The summed E-state index contributed by atoms with van der Waals surface area (Å²) in [5, 5.41) is 19.6. The predicted octanol–water partition coefficient (Wildman–Crippen LogP) is 0.368. The van der Waals surface area contributed by atoms with Gasteiger partial charge in [0.2, 0.25) is 0 Å². The van der Waals surface area contributed by atoms with E-state index in [0.29, 0.717) is 0 Å². The molecule has 0 heterocycles. The summed E-state index contributed by atoms with van der Waals surface area (Å²) in [6.07, 6.45) is -4.33. The highest BCUT2D eigenvalue weighted by atomic mass is 19.4. The number of hydrogen-bond donors (Lipinski definition) is 3. The molecule has 0 bridgehead atoms. The standard InChI is InChI=1S/C8H16F3N3O2/c1-6(4-7(12)13-16)14(2-3-15)5-8(9,10)11/h6,15-16H,2-5H2,1H3,(H2,12,13). The quantitative estimate of drug-likeness (QED) is 0.272. The molecule has 0 spiro atoms. The zero-order valence-corrected chi connectivity index (χ0v) is 8.91. The summed E-state index contributed by atoms with van der Waals surface area (Å²) in [5.74, 6) is -0.141. The molecule has 8 heteroatoms. The van der Waals surface area contributed by atoms with Crippen molar-refractivity contribution in [2.75, 3.05) is 19.7 Å². The van der Waals surface area contributed by atoms with E-state index in [1.807, 2.05) is 0 Å². The maximum atomic E-state index is 12.2. The third-order valence-electron chi connectivity index (χ3n) is 2.03. The van der Waals surface area contributed by atoms with Crippen molar-refractivity contribution in [1.82, 2.24) is 4.90 Å². The van der Waals surface area contributed by atoms with Gasteiger partial charge in [-0.25, -0.2) is 0 Å². The second kappa shape index (κ2) is 6.54. The van der Waals surface area contributed by atoms with Gasteiger partial charge in [-0.05, 0) is 6.92 Å². The SMILES string of the molecule is CC(CC(N)=NO)N(CCO)CC(F)(F)F. The monoisotopic (exact) mass is 243 g/mol. The van der Waals surface area contributed by atoms with Crippen LogP contribution in [-0.4, -0.2) is 53.0 Å². The Bertz CT molecular complexity index is 233. The fraction of sp³-hybridized carbons (Fsp3) is 0.875. The molecule has 5 nitrogen and oxygen atoms in total. The van der Waals surface area contributed by atoms with Crippen LogP contribution in [-0.2, 0) is 0 Å². The molecule has 0 saturated heterocycles. The van der Waals surface area contributed by atoms with Gasteiger partial charge < -0.3 is 16.0 Å². The molecule has 0 aliphatic heterocycles. The fourth-order valence-electron chi connectivity index (χ4n) is 1.29. The Labute approximate surface area is 91.3 Å². The summed E-state index contributed by atoms with van der Waals surface area (Å²) in [7, 11) is 0. The van der Waals surface area contributed by atoms with Crippen LogP contribution in [0.4, 0.5) is 13.2 Å². The highest BCUT2D eigenvalue weighted by molar-refractivity contribution is 5.80. The van der Waals surface area contributed by atoms with Crippen LogP contribution in [0.2, 0.25) is 0 Å². The molecule has 4 N–H and O–H groups in total. The third-order valence-corrected chi connectivity index (χ3v) is 2.03. The lowest BCUT2D eigenvalue weighted by molar-refractivity contribution is -0.150. The molecule has 0 aromatic rings. The van der Waals surface area contributed by atoms with E-state index in [1.54, 1.807) is 0 Å². The topological polar surface area (TPSA) is 82.1 Å². The number of aliphatic hydroxyl groups is 1. The zero-order chi connectivity index (χ0) is 12.8. The largest absolute Gasteiger partial charge is 0.409 e. The smallest absolute Gasteiger partial charge is 0.401 e. The number of alkyl halides is 3. The number of nitrogens with two attached hydrogens (primary N) is 1. The molecule has 0 saturated carbocycles. The summed E-state index contributed by atoms with van der Waals surface area (Å²) in [6, 6.07) is -0.565. The molecule has 0 amide bonds. The van der Waals surface area contributed by atoms with E-state index in [-0.39, 0.29) is 25.4 Å². The lowest BCUT2D eigenvalue weighted by Gasteiger charge is -2.28. The molecule has 16 heavy (non-hydrogen) atoms. The highest BCUT2D eigenvalue weighted by Gasteiger charge is 2.32. The first-order valence-electron chi connectivity index (χ1n) is 4.68. The second-order valence-electron chi connectivity index (χ2n) is 3.45. The number of nitrogens with zero attached hydrogens (tertiary/aromatic N) is 2. The summed E-state index contributed by atoms with van der Waals surface area (Å²) < 4.78 is 36.5. The minimum atomic E-state index is -4.34.